The maximum absolute atomic E-state index is 11.4. The number of aromatic hydroxyl groups is 1. The van der Waals surface area contributed by atoms with Gasteiger partial charge in [0.15, 0.2) is 11.5 Å². The standard InChI is InChI=1S/C13H19NO4/c1-3-17-11-7-5-6-9(12(11)15)8-10(14)13(16)18-4-2/h5-7,10,15H,3-4,8,14H2,1-2H3. The molecule has 100 valence electrons. The molecule has 0 bridgehead atoms. The number of benzene rings is 1. The summed E-state index contributed by atoms with van der Waals surface area (Å²) in [5, 5.41) is 9.95. The first kappa shape index (κ1) is 14.3. The van der Waals surface area contributed by atoms with Gasteiger partial charge >= 0.3 is 5.97 Å². The third-order valence-corrected chi connectivity index (χ3v) is 2.41. The first-order valence-corrected chi connectivity index (χ1v) is 5.96. The lowest BCUT2D eigenvalue weighted by Gasteiger charge is -2.13. The van der Waals surface area contributed by atoms with Gasteiger partial charge in [-0.25, -0.2) is 0 Å². The van der Waals surface area contributed by atoms with Gasteiger partial charge < -0.3 is 20.3 Å². The van der Waals surface area contributed by atoms with E-state index in [9.17, 15) is 9.90 Å². The van der Waals surface area contributed by atoms with Crippen LogP contribution in [0.5, 0.6) is 11.5 Å². The van der Waals surface area contributed by atoms with Gasteiger partial charge in [-0.05, 0) is 25.5 Å². The molecule has 1 atom stereocenters. The Kier molecular flexibility index (Phi) is 5.45. The highest BCUT2D eigenvalue weighted by atomic mass is 16.5. The van der Waals surface area contributed by atoms with E-state index in [-0.39, 0.29) is 18.8 Å². The van der Waals surface area contributed by atoms with Gasteiger partial charge in [0.1, 0.15) is 6.04 Å². The molecular formula is C13H19NO4. The number of para-hydroxylation sites is 1. The Morgan fingerprint density at radius 3 is 2.72 bits per heavy atom. The molecule has 18 heavy (non-hydrogen) atoms. The molecule has 1 unspecified atom stereocenters. The van der Waals surface area contributed by atoms with Crippen molar-refractivity contribution >= 4 is 5.97 Å². The van der Waals surface area contributed by atoms with Gasteiger partial charge in [0.05, 0.1) is 13.2 Å². The van der Waals surface area contributed by atoms with E-state index >= 15 is 0 Å². The molecule has 5 nitrogen and oxygen atoms in total. The lowest BCUT2D eigenvalue weighted by atomic mass is 10.1. The first-order chi connectivity index (χ1) is 8.60. The van der Waals surface area contributed by atoms with Crippen molar-refractivity contribution in [3.05, 3.63) is 23.8 Å². The normalized spacial score (nSPS) is 11.9. The fraction of sp³-hybridized carbons (Fsp3) is 0.462. The van der Waals surface area contributed by atoms with Crippen LogP contribution in [0, 0.1) is 0 Å². The number of esters is 1. The summed E-state index contributed by atoms with van der Waals surface area (Å²) in [5.74, 6) is -0.0520. The maximum atomic E-state index is 11.4. The minimum absolute atomic E-state index is 0.0269. The van der Waals surface area contributed by atoms with Crippen molar-refractivity contribution in [2.45, 2.75) is 26.3 Å². The predicted octanol–water partition coefficient (Wildman–Crippen LogP) is 1.22. The summed E-state index contributed by atoms with van der Waals surface area (Å²) in [6.45, 7) is 4.30. The number of nitrogens with two attached hydrogens (primary N) is 1. The third-order valence-electron chi connectivity index (χ3n) is 2.41. The largest absolute Gasteiger partial charge is 0.504 e. The van der Waals surface area contributed by atoms with Crippen molar-refractivity contribution in [3.8, 4) is 11.5 Å². The number of phenols is 1. The lowest BCUT2D eigenvalue weighted by molar-refractivity contribution is -0.144. The quantitative estimate of drug-likeness (QED) is 0.745. The molecule has 0 amide bonds. The molecule has 1 rings (SSSR count). The summed E-state index contributed by atoms with van der Waals surface area (Å²) in [4.78, 5) is 11.4. The Labute approximate surface area is 107 Å². The minimum atomic E-state index is -0.785. The van der Waals surface area contributed by atoms with Gasteiger partial charge in [-0.2, -0.15) is 0 Å². The summed E-state index contributed by atoms with van der Waals surface area (Å²) >= 11 is 0. The molecule has 0 saturated heterocycles. The molecule has 1 aromatic rings. The molecule has 0 aromatic heterocycles. The molecule has 3 N–H and O–H groups in total. The predicted molar refractivity (Wildman–Crippen MR) is 67.6 cm³/mol. The molecule has 0 heterocycles. The van der Waals surface area contributed by atoms with Crippen molar-refractivity contribution in [3.63, 3.8) is 0 Å². The van der Waals surface area contributed by atoms with E-state index in [1.54, 1.807) is 25.1 Å². The van der Waals surface area contributed by atoms with Crippen LogP contribution >= 0.6 is 0 Å². The summed E-state index contributed by atoms with van der Waals surface area (Å²) < 4.78 is 10.1. The molecule has 0 aliphatic carbocycles. The molecular weight excluding hydrogens is 234 g/mol. The highest BCUT2D eigenvalue weighted by molar-refractivity contribution is 5.76. The number of phenolic OH excluding ortho intramolecular Hbond substituents is 1. The van der Waals surface area contributed by atoms with Crippen LogP contribution in [-0.2, 0) is 16.0 Å². The molecule has 0 radical (unpaired) electrons. The van der Waals surface area contributed by atoms with Gasteiger partial charge in [-0.15, -0.1) is 0 Å². The van der Waals surface area contributed by atoms with Crippen LogP contribution in [0.1, 0.15) is 19.4 Å². The van der Waals surface area contributed by atoms with Crippen molar-refractivity contribution < 1.29 is 19.4 Å². The molecule has 0 aliphatic heterocycles. The zero-order valence-electron chi connectivity index (χ0n) is 10.7. The van der Waals surface area contributed by atoms with Crippen LogP contribution in [0.15, 0.2) is 18.2 Å². The van der Waals surface area contributed by atoms with Crippen LogP contribution in [-0.4, -0.2) is 30.3 Å². The Morgan fingerprint density at radius 1 is 1.39 bits per heavy atom. The highest BCUT2D eigenvalue weighted by Gasteiger charge is 2.18. The van der Waals surface area contributed by atoms with E-state index in [4.69, 9.17) is 15.2 Å². The number of carbonyl (C=O) groups is 1. The summed E-state index contributed by atoms with van der Waals surface area (Å²) in [6.07, 6.45) is 0.214. The summed E-state index contributed by atoms with van der Waals surface area (Å²) in [7, 11) is 0. The number of rotatable bonds is 6. The van der Waals surface area contributed by atoms with Gasteiger partial charge in [-0.3, -0.25) is 4.79 Å². The lowest BCUT2D eigenvalue weighted by Crippen LogP contribution is -2.34. The molecule has 1 aromatic carbocycles. The summed E-state index contributed by atoms with van der Waals surface area (Å²) in [5.41, 5.74) is 6.27. The van der Waals surface area contributed by atoms with Crippen molar-refractivity contribution in [2.24, 2.45) is 5.73 Å². The second-order valence-corrected chi connectivity index (χ2v) is 3.76. The monoisotopic (exact) mass is 253 g/mol. The SMILES string of the molecule is CCOC(=O)C(N)Cc1cccc(OCC)c1O. The van der Waals surface area contributed by atoms with E-state index < -0.39 is 12.0 Å². The smallest absolute Gasteiger partial charge is 0.323 e. The maximum Gasteiger partial charge on any atom is 0.323 e. The zero-order valence-corrected chi connectivity index (χ0v) is 10.7. The van der Waals surface area contributed by atoms with Crippen LogP contribution in [0.25, 0.3) is 0 Å². The Bertz CT molecular complexity index is 406. The topological polar surface area (TPSA) is 81.8 Å². The van der Waals surface area contributed by atoms with Crippen molar-refractivity contribution in [1.82, 2.24) is 0 Å². The molecule has 0 spiro atoms. The van der Waals surface area contributed by atoms with Gasteiger partial charge in [0.25, 0.3) is 0 Å². The Morgan fingerprint density at radius 2 is 2.11 bits per heavy atom. The van der Waals surface area contributed by atoms with Crippen LogP contribution in [0.3, 0.4) is 0 Å². The van der Waals surface area contributed by atoms with E-state index in [1.165, 1.54) is 0 Å². The average molecular weight is 253 g/mol. The number of ether oxygens (including phenoxy) is 2. The van der Waals surface area contributed by atoms with E-state index in [0.717, 1.165) is 0 Å². The van der Waals surface area contributed by atoms with Crippen molar-refractivity contribution in [2.75, 3.05) is 13.2 Å². The third kappa shape index (κ3) is 3.63. The minimum Gasteiger partial charge on any atom is -0.504 e. The fourth-order valence-electron chi connectivity index (χ4n) is 1.57. The Balaban J connectivity index is 2.78. The first-order valence-electron chi connectivity index (χ1n) is 5.96. The average Bonchev–Trinajstić information content (AvgIpc) is 2.34. The van der Waals surface area contributed by atoms with Gasteiger partial charge in [-0.1, -0.05) is 12.1 Å². The van der Waals surface area contributed by atoms with E-state index in [0.29, 0.717) is 17.9 Å². The van der Waals surface area contributed by atoms with Crippen LogP contribution < -0.4 is 10.5 Å². The van der Waals surface area contributed by atoms with Crippen molar-refractivity contribution in [1.29, 1.82) is 0 Å². The molecule has 5 heteroatoms. The number of hydrogen-bond donors (Lipinski definition) is 2. The van der Waals surface area contributed by atoms with Gasteiger partial charge in [0, 0.05) is 6.42 Å². The zero-order chi connectivity index (χ0) is 13.5. The second-order valence-electron chi connectivity index (χ2n) is 3.76. The highest BCUT2D eigenvalue weighted by Crippen LogP contribution is 2.30. The second kappa shape index (κ2) is 6.86. The molecule has 0 fully saturated rings. The number of hydrogen-bond acceptors (Lipinski definition) is 5. The van der Waals surface area contributed by atoms with Crippen LogP contribution in [0.4, 0.5) is 0 Å². The fourth-order valence-corrected chi connectivity index (χ4v) is 1.57. The van der Waals surface area contributed by atoms with E-state index in [1.807, 2.05) is 6.92 Å². The Hall–Kier alpha value is -1.75. The molecule has 0 aliphatic rings. The summed E-state index contributed by atoms with van der Waals surface area (Å²) in [6, 6.07) is 4.33. The van der Waals surface area contributed by atoms with E-state index in [2.05, 4.69) is 0 Å². The van der Waals surface area contributed by atoms with Crippen LogP contribution in [0.2, 0.25) is 0 Å². The molecule has 0 saturated carbocycles. The number of carbonyl (C=O) groups excluding carboxylic acids is 1. The van der Waals surface area contributed by atoms with Gasteiger partial charge in [0.2, 0.25) is 0 Å².